The molecule has 21 heavy (non-hydrogen) atoms. The topological polar surface area (TPSA) is 34.1 Å². The van der Waals surface area contributed by atoms with E-state index in [9.17, 15) is 8.42 Å². The number of hydrogen-bond acceptors (Lipinski definition) is 2. The van der Waals surface area contributed by atoms with Crippen LogP contribution in [0.15, 0.2) is 69.0 Å². The first-order chi connectivity index (χ1) is 9.81. The van der Waals surface area contributed by atoms with Crippen LogP contribution >= 0.6 is 25.5 Å². The molecule has 0 saturated carbocycles. The average molecular weight is 546 g/mol. The molecule has 0 heterocycles. The van der Waals surface area contributed by atoms with Crippen LogP contribution in [0.5, 0.6) is 0 Å². The molecule has 0 atom stereocenters. The molecule has 0 N–H and O–H groups in total. The molecule has 0 aromatic heterocycles. The van der Waals surface area contributed by atoms with Crippen molar-refractivity contribution in [2.24, 2.45) is 0 Å². The average Bonchev–Trinajstić information content (AvgIpc) is 2.47. The van der Waals surface area contributed by atoms with Gasteiger partial charge in [0.2, 0.25) is 0 Å². The molecule has 0 aliphatic rings. The van der Waals surface area contributed by atoms with Crippen LogP contribution in [0, 0.1) is 6.92 Å². The van der Waals surface area contributed by atoms with Crippen LogP contribution in [0.4, 0.5) is 0 Å². The zero-order valence-corrected chi connectivity index (χ0v) is 17.6. The van der Waals surface area contributed by atoms with E-state index in [0.717, 1.165) is 9.17 Å². The van der Waals surface area contributed by atoms with Crippen molar-refractivity contribution < 1.29 is 8.42 Å². The van der Waals surface area contributed by atoms with Gasteiger partial charge >= 0.3 is 143 Å². The summed E-state index contributed by atoms with van der Waals surface area (Å²) in [5, 5.41) is 1.30. The van der Waals surface area contributed by atoms with Crippen LogP contribution in [-0.2, 0) is 9.84 Å². The van der Waals surface area contributed by atoms with Gasteiger partial charge in [0.15, 0.2) is 0 Å². The van der Waals surface area contributed by atoms with Gasteiger partial charge in [-0.15, -0.1) is 0 Å². The molecular weight excluding hydrogens is 532 g/mol. The van der Waals surface area contributed by atoms with Crippen LogP contribution in [0.3, 0.4) is 0 Å². The number of aryl methyl sites for hydroxylation is 1. The molecule has 2 aromatic carbocycles. The number of benzene rings is 2. The fourth-order valence-electron chi connectivity index (χ4n) is 1.63. The molecule has 6 heteroatoms. The molecule has 2 nitrogen and oxygen atoms in total. The van der Waals surface area contributed by atoms with Crippen molar-refractivity contribution in [1.29, 1.82) is 0 Å². The Morgan fingerprint density at radius 2 is 1.52 bits per heavy atom. The summed E-state index contributed by atoms with van der Waals surface area (Å²) in [6.45, 7) is 1.93. The molecule has 2 aromatic rings. The summed E-state index contributed by atoms with van der Waals surface area (Å²) in [5.41, 5.74) is 1.04. The van der Waals surface area contributed by atoms with Crippen LogP contribution in [0.2, 0.25) is 0 Å². The fraction of sp³-hybridized carbons (Fsp3) is 0.0667. The zero-order chi connectivity index (χ0) is 15.5. The van der Waals surface area contributed by atoms with E-state index in [1.165, 1.54) is 5.41 Å². The van der Waals surface area contributed by atoms with Gasteiger partial charge < -0.3 is 0 Å². The summed E-state index contributed by atoms with van der Waals surface area (Å²) in [7, 11) is -3.41. The number of sulfone groups is 1. The van der Waals surface area contributed by atoms with Gasteiger partial charge in [-0.1, -0.05) is 0 Å². The maximum absolute atomic E-state index is 12.3. The van der Waals surface area contributed by atoms with Gasteiger partial charge in [0.05, 0.1) is 0 Å². The van der Waals surface area contributed by atoms with Crippen molar-refractivity contribution >= 4 is 52.7 Å². The van der Waals surface area contributed by atoms with E-state index in [1.807, 2.05) is 37.3 Å². The van der Waals surface area contributed by atoms with Gasteiger partial charge in [0.1, 0.15) is 0 Å². The second-order valence-electron chi connectivity index (χ2n) is 4.45. The third-order valence-corrected chi connectivity index (χ3v) is 16.6. The van der Waals surface area contributed by atoms with Crippen LogP contribution < -0.4 is 3.61 Å². The predicted octanol–water partition coefficient (Wildman–Crippen LogP) is 3.96. The van der Waals surface area contributed by atoms with Gasteiger partial charge in [0.25, 0.3) is 0 Å². The Morgan fingerprint density at radius 3 is 2.10 bits per heavy atom. The molecule has 0 fully saturated rings. The molecule has 0 spiro atoms. The minimum absolute atomic E-state index is 0.316. The third-order valence-electron chi connectivity index (χ3n) is 2.81. The first-order valence-corrected chi connectivity index (χ1v) is 20.6. The van der Waals surface area contributed by atoms with Crippen molar-refractivity contribution in [3.8, 4) is 0 Å². The van der Waals surface area contributed by atoms with E-state index in [2.05, 4.69) is 25.5 Å². The third kappa shape index (κ3) is 4.67. The SMILES string of the molecule is Cc1ccc(S(=O)(=O)/C=C\[Te](Br)(Br)c2ccccc2)cc1. The standard InChI is InChI=1S/C15H14Br2O2STe/c1-13-7-9-14(10-8-13)20(18,19)11-12-21(16,17)15-5-3-2-4-6-15/h2-12H,1H3/b12-11-. The van der Waals surface area contributed by atoms with E-state index >= 15 is 0 Å². The molecule has 112 valence electrons. The molecular formula is C15H14Br2O2STe. The van der Waals surface area contributed by atoms with Gasteiger partial charge in [-0.25, -0.2) is 0 Å². The molecule has 0 bridgehead atoms. The second-order valence-corrected chi connectivity index (χ2v) is 30.8. The van der Waals surface area contributed by atoms with E-state index in [4.69, 9.17) is 0 Å². The Morgan fingerprint density at radius 1 is 0.952 bits per heavy atom. The molecule has 0 aliphatic heterocycles. The number of hydrogen-bond donors (Lipinski definition) is 0. The summed E-state index contributed by atoms with van der Waals surface area (Å²) >= 11 is 4.52. The Kier molecular flexibility index (Phi) is 5.72. The minimum atomic E-state index is -3.41. The van der Waals surface area contributed by atoms with E-state index in [0.29, 0.717) is 4.90 Å². The van der Waals surface area contributed by atoms with Crippen molar-refractivity contribution in [1.82, 2.24) is 0 Å². The van der Waals surface area contributed by atoms with Crippen LogP contribution in [0.1, 0.15) is 5.56 Å². The van der Waals surface area contributed by atoms with Gasteiger partial charge in [-0.3, -0.25) is 0 Å². The molecule has 0 unspecified atom stereocenters. The monoisotopic (exact) mass is 546 g/mol. The summed E-state index contributed by atoms with van der Waals surface area (Å²) < 4.78 is 27.5. The van der Waals surface area contributed by atoms with Crippen molar-refractivity contribution in [3.63, 3.8) is 0 Å². The zero-order valence-electron chi connectivity index (χ0n) is 11.2. The molecule has 0 aliphatic carbocycles. The summed E-state index contributed by atoms with van der Waals surface area (Å²) in [4.78, 5) is 0.316. The Labute approximate surface area is 141 Å². The summed E-state index contributed by atoms with van der Waals surface area (Å²) in [6, 6.07) is 16.7. The van der Waals surface area contributed by atoms with Gasteiger partial charge in [-0.2, -0.15) is 0 Å². The quantitative estimate of drug-likeness (QED) is 0.545. The fourth-order valence-corrected chi connectivity index (χ4v) is 13.4. The predicted molar refractivity (Wildman–Crippen MR) is 97.2 cm³/mol. The van der Waals surface area contributed by atoms with Crippen LogP contribution in [-0.4, -0.2) is 22.2 Å². The molecule has 0 amide bonds. The summed E-state index contributed by atoms with van der Waals surface area (Å²) in [5.74, 6) is 0. The molecule has 2 rings (SSSR count). The number of rotatable bonds is 4. The maximum atomic E-state index is 12.3. The Balaban J connectivity index is 2.29. The Bertz CT molecular complexity index is 739. The van der Waals surface area contributed by atoms with Crippen molar-refractivity contribution in [2.75, 3.05) is 0 Å². The Hall–Kier alpha value is -0.120. The number of halogens is 2. The van der Waals surface area contributed by atoms with Crippen molar-refractivity contribution in [2.45, 2.75) is 11.8 Å². The van der Waals surface area contributed by atoms with E-state index in [1.54, 1.807) is 28.4 Å². The summed E-state index contributed by atoms with van der Waals surface area (Å²) in [6.07, 6.45) is 0. The normalized spacial score (nSPS) is 13.5. The molecule has 0 radical (unpaired) electrons. The van der Waals surface area contributed by atoms with E-state index in [-0.39, 0.29) is 0 Å². The van der Waals surface area contributed by atoms with Crippen molar-refractivity contribution in [3.05, 3.63) is 69.7 Å². The van der Waals surface area contributed by atoms with Crippen LogP contribution in [0.25, 0.3) is 0 Å². The second kappa shape index (κ2) is 6.97. The first-order valence-electron chi connectivity index (χ1n) is 6.09. The van der Waals surface area contributed by atoms with Gasteiger partial charge in [0, 0.05) is 0 Å². The van der Waals surface area contributed by atoms with Gasteiger partial charge in [-0.05, 0) is 0 Å². The first kappa shape index (κ1) is 17.2. The molecule has 0 saturated heterocycles. The van der Waals surface area contributed by atoms with E-state index < -0.39 is 23.6 Å².